The summed E-state index contributed by atoms with van der Waals surface area (Å²) in [6.07, 6.45) is 2.89. The summed E-state index contributed by atoms with van der Waals surface area (Å²) in [6, 6.07) is 7.11. The maximum absolute atomic E-state index is 11.8. The number of fused-ring (bicyclic) bond motifs is 1. The van der Waals surface area contributed by atoms with E-state index >= 15 is 0 Å². The monoisotopic (exact) mass is 289 g/mol. The van der Waals surface area contributed by atoms with Crippen LogP contribution in [0.1, 0.15) is 36.9 Å². The first-order chi connectivity index (χ1) is 10.0. The second-order valence-electron chi connectivity index (χ2n) is 6.03. The zero-order chi connectivity index (χ0) is 15.4. The average molecular weight is 289 g/mol. The molecular weight excluding hydrogens is 262 g/mol. The third kappa shape index (κ3) is 3.76. The van der Waals surface area contributed by atoms with E-state index in [2.05, 4.69) is 35.3 Å². The van der Waals surface area contributed by atoms with Crippen LogP contribution in [0.3, 0.4) is 0 Å². The molecule has 0 fully saturated rings. The molecule has 1 aliphatic heterocycles. The van der Waals surface area contributed by atoms with Gasteiger partial charge in [-0.15, -0.1) is 0 Å². The normalized spacial score (nSPS) is 15.5. The minimum atomic E-state index is 0.197. The molecule has 1 amide bonds. The van der Waals surface area contributed by atoms with Crippen molar-refractivity contribution in [3.05, 3.63) is 29.3 Å². The molecule has 0 radical (unpaired) electrons. The molecule has 1 unspecified atom stereocenters. The van der Waals surface area contributed by atoms with Gasteiger partial charge in [0.15, 0.2) is 0 Å². The number of nitrogens with one attached hydrogen (secondary N) is 1. The first kappa shape index (κ1) is 15.8. The summed E-state index contributed by atoms with van der Waals surface area (Å²) in [7, 11) is 5.62. The van der Waals surface area contributed by atoms with E-state index in [1.165, 1.54) is 23.2 Å². The predicted octanol–water partition coefficient (Wildman–Crippen LogP) is 2.20. The quantitative estimate of drug-likeness (QED) is 0.902. The summed E-state index contributed by atoms with van der Waals surface area (Å²) in [5.74, 6) is 0.197. The van der Waals surface area contributed by atoms with E-state index < -0.39 is 0 Å². The molecule has 0 saturated heterocycles. The Labute approximate surface area is 128 Å². The van der Waals surface area contributed by atoms with Crippen LogP contribution < -0.4 is 10.2 Å². The summed E-state index contributed by atoms with van der Waals surface area (Å²) >= 11 is 0. The van der Waals surface area contributed by atoms with Gasteiger partial charge in [-0.2, -0.15) is 0 Å². The molecule has 1 aromatic rings. The van der Waals surface area contributed by atoms with E-state index in [1.807, 2.05) is 21.1 Å². The first-order valence-corrected chi connectivity index (χ1v) is 7.78. The number of carbonyl (C=O) groups is 1. The third-order valence-electron chi connectivity index (χ3n) is 4.35. The standard InChI is InChI=1S/C17H27N3O/c1-13(18-2)14-7-8-16-15(12-14)6-5-10-20(16)11-9-17(21)19(3)4/h7-8,12-13,18H,5-6,9-11H2,1-4H3. The Hall–Kier alpha value is -1.55. The molecule has 4 heteroatoms. The summed E-state index contributed by atoms with van der Waals surface area (Å²) in [4.78, 5) is 15.8. The van der Waals surface area contributed by atoms with Gasteiger partial charge in [0.1, 0.15) is 0 Å². The number of amides is 1. The number of nitrogens with zero attached hydrogens (tertiary/aromatic N) is 2. The highest BCUT2D eigenvalue weighted by Gasteiger charge is 2.19. The van der Waals surface area contributed by atoms with Gasteiger partial charge in [-0.3, -0.25) is 4.79 Å². The smallest absolute Gasteiger partial charge is 0.223 e. The summed E-state index contributed by atoms with van der Waals surface area (Å²) in [5, 5.41) is 3.29. The van der Waals surface area contributed by atoms with Crippen LogP contribution in [0, 0.1) is 0 Å². The molecule has 4 nitrogen and oxygen atoms in total. The number of aryl methyl sites for hydroxylation is 1. The van der Waals surface area contributed by atoms with Gasteiger partial charge in [0, 0.05) is 45.3 Å². The van der Waals surface area contributed by atoms with Gasteiger partial charge in [-0.05, 0) is 44.0 Å². The minimum Gasteiger partial charge on any atom is -0.371 e. The minimum absolute atomic E-state index is 0.197. The van der Waals surface area contributed by atoms with Crippen molar-refractivity contribution in [1.29, 1.82) is 0 Å². The highest BCUT2D eigenvalue weighted by Crippen LogP contribution is 2.29. The van der Waals surface area contributed by atoms with Gasteiger partial charge in [-0.25, -0.2) is 0 Å². The molecule has 1 aliphatic rings. The van der Waals surface area contributed by atoms with E-state index in [1.54, 1.807) is 4.90 Å². The zero-order valence-corrected chi connectivity index (χ0v) is 13.6. The van der Waals surface area contributed by atoms with Crippen molar-refractivity contribution in [2.24, 2.45) is 0 Å². The van der Waals surface area contributed by atoms with Gasteiger partial charge in [-0.1, -0.05) is 12.1 Å². The Bertz CT molecular complexity index is 499. The van der Waals surface area contributed by atoms with Crippen LogP contribution in [0.2, 0.25) is 0 Å². The highest BCUT2D eigenvalue weighted by atomic mass is 16.2. The average Bonchev–Trinajstić information content (AvgIpc) is 2.50. The molecule has 2 rings (SSSR count). The topological polar surface area (TPSA) is 35.6 Å². The van der Waals surface area contributed by atoms with Gasteiger partial charge < -0.3 is 15.1 Å². The van der Waals surface area contributed by atoms with Crippen LogP contribution in [-0.2, 0) is 11.2 Å². The third-order valence-corrected chi connectivity index (χ3v) is 4.35. The molecule has 0 saturated carbocycles. The first-order valence-electron chi connectivity index (χ1n) is 7.78. The SMILES string of the molecule is CNC(C)c1ccc2c(c1)CCCN2CCC(=O)N(C)C. The Kier molecular flexibility index (Phi) is 5.23. The molecule has 0 aliphatic carbocycles. The second-order valence-corrected chi connectivity index (χ2v) is 6.03. The van der Waals surface area contributed by atoms with E-state index in [4.69, 9.17) is 0 Å². The number of rotatable bonds is 5. The number of hydrogen-bond acceptors (Lipinski definition) is 3. The van der Waals surface area contributed by atoms with Crippen LogP contribution in [0.15, 0.2) is 18.2 Å². The van der Waals surface area contributed by atoms with Crippen molar-refractivity contribution in [1.82, 2.24) is 10.2 Å². The number of benzene rings is 1. The number of hydrogen-bond donors (Lipinski definition) is 1. The lowest BCUT2D eigenvalue weighted by atomic mass is 9.96. The Balaban J connectivity index is 2.10. The maximum Gasteiger partial charge on any atom is 0.223 e. The molecule has 1 aromatic carbocycles. The molecule has 0 spiro atoms. The van der Waals surface area contributed by atoms with Crippen molar-refractivity contribution in [3.8, 4) is 0 Å². The van der Waals surface area contributed by atoms with Gasteiger partial charge in [0.2, 0.25) is 5.91 Å². The molecular formula is C17H27N3O. The lowest BCUT2D eigenvalue weighted by molar-refractivity contribution is -0.128. The molecule has 1 N–H and O–H groups in total. The van der Waals surface area contributed by atoms with Crippen LogP contribution in [0.4, 0.5) is 5.69 Å². The summed E-state index contributed by atoms with van der Waals surface area (Å²) in [6.45, 7) is 4.04. The molecule has 0 bridgehead atoms. The fourth-order valence-electron chi connectivity index (χ4n) is 2.82. The van der Waals surface area contributed by atoms with Crippen molar-refractivity contribution in [2.45, 2.75) is 32.2 Å². The van der Waals surface area contributed by atoms with Crippen molar-refractivity contribution < 1.29 is 4.79 Å². The molecule has 116 valence electrons. The lowest BCUT2D eigenvalue weighted by Gasteiger charge is -2.32. The predicted molar refractivity (Wildman–Crippen MR) is 87.8 cm³/mol. The van der Waals surface area contributed by atoms with E-state index in [-0.39, 0.29) is 5.91 Å². The number of anilines is 1. The Morgan fingerprint density at radius 1 is 1.43 bits per heavy atom. The lowest BCUT2D eigenvalue weighted by Crippen LogP contribution is -2.34. The van der Waals surface area contributed by atoms with E-state index in [0.29, 0.717) is 12.5 Å². The highest BCUT2D eigenvalue weighted by molar-refractivity contribution is 5.76. The van der Waals surface area contributed by atoms with Crippen molar-refractivity contribution in [3.63, 3.8) is 0 Å². The Morgan fingerprint density at radius 3 is 2.86 bits per heavy atom. The summed E-state index contributed by atoms with van der Waals surface area (Å²) in [5.41, 5.74) is 4.06. The largest absolute Gasteiger partial charge is 0.371 e. The van der Waals surface area contributed by atoms with Crippen LogP contribution in [-0.4, -0.2) is 45.0 Å². The van der Waals surface area contributed by atoms with Gasteiger partial charge in [0.05, 0.1) is 0 Å². The molecule has 21 heavy (non-hydrogen) atoms. The maximum atomic E-state index is 11.8. The second kappa shape index (κ2) is 6.94. The van der Waals surface area contributed by atoms with Crippen LogP contribution in [0.25, 0.3) is 0 Å². The fraction of sp³-hybridized carbons (Fsp3) is 0.588. The molecule has 1 heterocycles. The Morgan fingerprint density at radius 2 is 2.19 bits per heavy atom. The van der Waals surface area contributed by atoms with Gasteiger partial charge >= 0.3 is 0 Å². The number of carbonyl (C=O) groups excluding carboxylic acids is 1. The fourth-order valence-corrected chi connectivity index (χ4v) is 2.82. The van der Waals surface area contributed by atoms with Gasteiger partial charge in [0.25, 0.3) is 0 Å². The van der Waals surface area contributed by atoms with Crippen molar-refractivity contribution in [2.75, 3.05) is 39.1 Å². The van der Waals surface area contributed by atoms with Crippen molar-refractivity contribution >= 4 is 11.6 Å². The summed E-state index contributed by atoms with van der Waals surface area (Å²) < 4.78 is 0. The van der Waals surface area contributed by atoms with Crippen LogP contribution in [0.5, 0.6) is 0 Å². The van der Waals surface area contributed by atoms with Crippen LogP contribution >= 0.6 is 0 Å². The zero-order valence-electron chi connectivity index (χ0n) is 13.6. The molecule has 0 aromatic heterocycles. The van der Waals surface area contributed by atoms with E-state index in [0.717, 1.165) is 19.5 Å². The van der Waals surface area contributed by atoms with E-state index in [9.17, 15) is 4.79 Å². The molecule has 1 atom stereocenters.